The summed E-state index contributed by atoms with van der Waals surface area (Å²) in [5.41, 5.74) is 2.03. The van der Waals surface area contributed by atoms with E-state index in [1.54, 1.807) is 0 Å². The Labute approximate surface area is 92.1 Å². The molecule has 1 aromatic heterocycles. The Bertz CT molecular complexity index is 470. The highest BCUT2D eigenvalue weighted by Crippen LogP contribution is 2.35. The van der Waals surface area contributed by atoms with Gasteiger partial charge in [0.2, 0.25) is 0 Å². The van der Waals surface area contributed by atoms with Gasteiger partial charge in [-0.05, 0) is 29.1 Å². The van der Waals surface area contributed by atoms with Crippen molar-refractivity contribution in [1.82, 2.24) is 9.59 Å². The fourth-order valence-electron chi connectivity index (χ4n) is 1.54. The molecule has 1 heterocycles. The molecular weight excluding hydrogens is 216 g/mol. The van der Waals surface area contributed by atoms with Crippen LogP contribution in [0.25, 0.3) is 10.2 Å². The third kappa shape index (κ3) is 1.51. The van der Waals surface area contributed by atoms with Crippen LogP contribution in [0.5, 0.6) is 0 Å². The predicted octanol–water partition coefficient (Wildman–Crippen LogP) is 3.64. The number of aromatic nitrogens is 2. The first kappa shape index (κ1) is 9.87. The Morgan fingerprint density at radius 1 is 1.29 bits per heavy atom. The second-order valence-electron chi connectivity index (χ2n) is 4.29. The summed E-state index contributed by atoms with van der Waals surface area (Å²) in [5.74, 6) is 0. The summed E-state index contributed by atoms with van der Waals surface area (Å²) in [6.07, 6.45) is 0. The van der Waals surface area contributed by atoms with E-state index in [0.29, 0.717) is 0 Å². The van der Waals surface area contributed by atoms with Gasteiger partial charge in [-0.2, -0.15) is 0 Å². The molecule has 2 aromatic rings. The first-order valence-electron chi connectivity index (χ1n) is 4.41. The van der Waals surface area contributed by atoms with E-state index in [-0.39, 0.29) is 5.41 Å². The largest absolute Gasteiger partial charge is 0.138 e. The first-order chi connectivity index (χ1) is 6.50. The van der Waals surface area contributed by atoms with Gasteiger partial charge in [-0.25, -0.2) is 0 Å². The standard InChI is InChI=1S/C10H11ClN2S/c1-10(2,3)8-6(11)4-5-7-9(8)12-13-14-7/h4-5H,1-3H3. The summed E-state index contributed by atoms with van der Waals surface area (Å²) >= 11 is 7.59. The zero-order valence-electron chi connectivity index (χ0n) is 8.34. The van der Waals surface area contributed by atoms with E-state index in [0.717, 1.165) is 20.8 Å². The van der Waals surface area contributed by atoms with E-state index in [2.05, 4.69) is 30.4 Å². The molecule has 0 bridgehead atoms. The van der Waals surface area contributed by atoms with Gasteiger partial charge in [0.1, 0.15) is 5.52 Å². The van der Waals surface area contributed by atoms with Crippen molar-refractivity contribution in [1.29, 1.82) is 0 Å². The van der Waals surface area contributed by atoms with Gasteiger partial charge < -0.3 is 0 Å². The third-order valence-electron chi connectivity index (χ3n) is 2.12. The Morgan fingerprint density at radius 3 is 2.64 bits per heavy atom. The summed E-state index contributed by atoms with van der Waals surface area (Å²) < 4.78 is 5.05. The summed E-state index contributed by atoms with van der Waals surface area (Å²) in [4.78, 5) is 0. The van der Waals surface area contributed by atoms with Crippen LogP contribution in [0.4, 0.5) is 0 Å². The summed E-state index contributed by atoms with van der Waals surface area (Å²) in [7, 11) is 0. The van der Waals surface area contributed by atoms with Crippen LogP contribution < -0.4 is 0 Å². The molecule has 4 heteroatoms. The molecule has 0 spiro atoms. The van der Waals surface area contributed by atoms with E-state index in [1.807, 2.05) is 12.1 Å². The Kier molecular flexibility index (Phi) is 2.24. The minimum atomic E-state index is 0.00630. The number of fused-ring (bicyclic) bond motifs is 1. The number of benzene rings is 1. The molecule has 0 aliphatic rings. The molecule has 0 atom stereocenters. The number of halogens is 1. The highest BCUT2D eigenvalue weighted by atomic mass is 35.5. The molecule has 0 aliphatic carbocycles. The minimum absolute atomic E-state index is 0.00630. The molecule has 1 aromatic carbocycles. The predicted molar refractivity (Wildman–Crippen MR) is 61.1 cm³/mol. The molecule has 74 valence electrons. The molecule has 2 nitrogen and oxygen atoms in total. The number of hydrogen-bond donors (Lipinski definition) is 0. The van der Waals surface area contributed by atoms with Gasteiger partial charge in [0.25, 0.3) is 0 Å². The normalized spacial score (nSPS) is 12.3. The number of nitrogens with zero attached hydrogens (tertiary/aromatic N) is 2. The van der Waals surface area contributed by atoms with Crippen LogP contribution in [-0.2, 0) is 5.41 Å². The first-order valence-corrected chi connectivity index (χ1v) is 5.56. The van der Waals surface area contributed by atoms with Crippen LogP contribution >= 0.6 is 23.1 Å². The average molecular weight is 227 g/mol. The maximum absolute atomic E-state index is 6.18. The van der Waals surface area contributed by atoms with Crippen molar-refractivity contribution < 1.29 is 0 Å². The van der Waals surface area contributed by atoms with E-state index < -0.39 is 0 Å². The van der Waals surface area contributed by atoms with Crippen LogP contribution in [0.1, 0.15) is 26.3 Å². The molecule has 0 saturated carbocycles. The van der Waals surface area contributed by atoms with Crippen molar-refractivity contribution in [2.75, 3.05) is 0 Å². The third-order valence-corrected chi connectivity index (χ3v) is 3.12. The van der Waals surface area contributed by atoms with Gasteiger partial charge in [0, 0.05) is 10.6 Å². The molecule has 14 heavy (non-hydrogen) atoms. The SMILES string of the molecule is CC(C)(C)c1c(Cl)ccc2snnc12. The second-order valence-corrected chi connectivity index (χ2v) is 5.48. The Morgan fingerprint density at radius 2 is 2.00 bits per heavy atom. The van der Waals surface area contributed by atoms with Crippen molar-refractivity contribution in [3.8, 4) is 0 Å². The zero-order valence-corrected chi connectivity index (χ0v) is 9.91. The summed E-state index contributed by atoms with van der Waals surface area (Å²) in [6.45, 7) is 6.40. The number of rotatable bonds is 0. The van der Waals surface area contributed by atoms with Crippen molar-refractivity contribution in [2.45, 2.75) is 26.2 Å². The fourth-order valence-corrected chi connectivity index (χ4v) is 2.54. The molecule has 0 unspecified atom stereocenters. The quantitative estimate of drug-likeness (QED) is 0.686. The monoisotopic (exact) mass is 226 g/mol. The molecule has 2 rings (SSSR count). The van der Waals surface area contributed by atoms with Gasteiger partial charge in [-0.3, -0.25) is 0 Å². The van der Waals surface area contributed by atoms with Crippen molar-refractivity contribution in [3.63, 3.8) is 0 Å². The van der Waals surface area contributed by atoms with Gasteiger partial charge in [0.15, 0.2) is 0 Å². The smallest absolute Gasteiger partial charge is 0.111 e. The molecule has 0 aliphatic heterocycles. The summed E-state index contributed by atoms with van der Waals surface area (Å²) in [5, 5.41) is 4.91. The zero-order chi connectivity index (χ0) is 10.3. The molecule has 0 radical (unpaired) electrons. The second kappa shape index (κ2) is 3.17. The van der Waals surface area contributed by atoms with E-state index in [9.17, 15) is 0 Å². The summed E-state index contributed by atoms with van der Waals surface area (Å²) in [6, 6.07) is 3.89. The van der Waals surface area contributed by atoms with Crippen LogP contribution in [0.15, 0.2) is 12.1 Å². The van der Waals surface area contributed by atoms with Crippen molar-refractivity contribution in [3.05, 3.63) is 22.7 Å². The van der Waals surface area contributed by atoms with Crippen LogP contribution in [0, 0.1) is 0 Å². The fraction of sp³-hybridized carbons (Fsp3) is 0.400. The van der Waals surface area contributed by atoms with Crippen molar-refractivity contribution >= 4 is 33.4 Å². The average Bonchev–Trinajstić information content (AvgIpc) is 2.48. The molecule has 0 fully saturated rings. The van der Waals surface area contributed by atoms with Crippen LogP contribution in [0.3, 0.4) is 0 Å². The molecule has 0 amide bonds. The lowest BCUT2D eigenvalue weighted by atomic mass is 9.86. The molecular formula is C10H11ClN2S. The van der Waals surface area contributed by atoms with Gasteiger partial charge in [-0.1, -0.05) is 36.9 Å². The van der Waals surface area contributed by atoms with E-state index >= 15 is 0 Å². The van der Waals surface area contributed by atoms with Crippen LogP contribution in [-0.4, -0.2) is 9.59 Å². The molecule has 0 saturated heterocycles. The van der Waals surface area contributed by atoms with Gasteiger partial charge >= 0.3 is 0 Å². The Hall–Kier alpha value is -0.670. The van der Waals surface area contributed by atoms with Gasteiger partial charge in [-0.15, -0.1) is 5.10 Å². The van der Waals surface area contributed by atoms with Crippen LogP contribution in [0.2, 0.25) is 5.02 Å². The maximum atomic E-state index is 6.18. The lowest BCUT2D eigenvalue weighted by molar-refractivity contribution is 0.594. The maximum Gasteiger partial charge on any atom is 0.111 e. The van der Waals surface area contributed by atoms with Gasteiger partial charge in [0.05, 0.1) is 4.70 Å². The van der Waals surface area contributed by atoms with E-state index in [1.165, 1.54) is 11.5 Å². The number of hydrogen-bond acceptors (Lipinski definition) is 3. The topological polar surface area (TPSA) is 25.8 Å². The molecule has 0 N–H and O–H groups in total. The minimum Gasteiger partial charge on any atom is -0.138 e. The lowest BCUT2D eigenvalue weighted by Crippen LogP contribution is -2.12. The highest BCUT2D eigenvalue weighted by molar-refractivity contribution is 7.13. The van der Waals surface area contributed by atoms with Crippen molar-refractivity contribution in [2.24, 2.45) is 0 Å². The highest BCUT2D eigenvalue weighted by Gasteiger charge is 2.22. The van der Waals surface area contributed by atoms with E-state index in [4.69, 9.17) is 11.6 Å². The Balaban J connectivity index is 2.83. The lowest BCUT2D eigenvalue weighted by Gasteiger charge is -2.20.